The van der Waals surface area contributed by atoms with Crippen LogP contribution >= 0.6 is 0 Å². The maximum atomic E-state index is 8.66. The summed E-state index contributed by atoms with van der Waals surface area (Å²) in [6, 6.07) is 5.79. The summed E-state index contributed by atoms with van der Waals surface area (Å²) in [5.41, 5.74) is 7.93. The number of nitrogens with one attached hydrogen (secondary N) is 1. The van der Waals surface area contributed by atoms with Crippen molar-refractivity contribution < 1.29 is 5.21 Å². The molecule has 0 aliphatic heterocycles. The highest BCUT2D eigenvalue weighted by molar-refractivity contribution is 5.99. The van der Waals surface area contributed by atoms with Crippen LogP contribution in [0.3, 0.4) is 0 Å². The molecule has 0 fully saturated rings. The van der Waals surface area contributed by atoms with Crippen LogP contribution in [0.2, 0.25) is 0 Å². The minimum Gasteiger partial charge on any atom is -0.409 e. The first-order valence-electron chi connectivity index (χ1n) is 5.73. The van der Waals surface area contributed by atoms with Crippen molar-refractivity contribution in [1.29, 1.82) is 0 Å². The summed E-state index contributed by atoms with van der Waals surface area (Å²) < 4.78 is 0. The average Bonchev–Trinajstić information content (AvgIpc) is 2.79. The molecule has 2 rings (SSSR count). The molecule has 0 saturated carbocycles. The van der Waals surface area contributed by atoms with Gasteiger partial charge in [0.1, 0.15) is 0 Å². The second-order valence-electron chi connectivity index (χ2n) is 4.48. The van der Waals surface area contributed by atoms with Crippen LogP contribution in [-0.4, -0.2) is 34.1 Å². The minimum atomic E-state index is 0.0882. The molecule has 96 valence electrons. The third-order valence-corrected chi connectivity index (χ3v) is 2.98. The van der Waals surface area contributed by atoms with Crippen LogP contribution in [0.1, 0.15) is 19.4 Å². The van der Waals surface area contributed by atoms with Crippen LogP contribution in [0.5, 0.6) is 0 Å². The first kappa shape index (κ1) is 12.2. The number of anilines is 1. The molecule has 0 aliphatic carbocycles. The van der Waals surface area contributed by atoms with Crippen LogP contribution < -0.4 is 10.6 Å². The zero-order valence-corrected chi connectivity index (χ0v) is 10.7. The van der Waals surface area contributed by atoms with E-state index in [1.165, 1.54) is 0 Å². The predicted molar refractivity (Wildman–Crippen MR) is 72.1 cm³/mol. The zero-order chi connectivity index (χ0) is 13.3. The molecule has 0 radical (unpaired) electrons. The topological polar surface area (TPSA) is 90.5 Å². The summed E-state index contributed by atoms with van der Waals surface area (Å²) in [7, 11) is 1.98. The van der Waals surface area contributed by atoms with Gasteiger partial charge in [-0.25, -0.2) is 4.98 Å². The van der Waals surface area contributed by atoms with E-state index in [9.17, 15) is 0 Å². The first-order valence-corrected chi connectivity index (χ1v) is 5.73. The van der Waals surface area contributed by atoms with Gasteiger partial charge < -0.3 is 20.8 Å². The lowest BCUT2D eigenvalue weighted by Gasteiger charge is -2.19. The average molecular weight is 247 g/mol. The SMILES string of the molecule is CC(C)N(C)c1nc2ccc(/C(N)=N/O)cc2[nH]1. The Morgan fingerprint density at radius 3 is 2.83 bits per heavy atom. The van der Waals surface area contributed by atoms with Crippen LogP contribution in [0.4, 0.5) is 5.95 Å². The van der Waals surface area contributed by atoms with E-state index < -0.39 is 0 Å². The van der Waals surface area contributed by atoms with Crippen molar-refractivity contribution in [2.24, 2.45) is 10.9 Å². The lowest BCUT2D eigenvalue weighted by atomic mass is 10.2. The lowest BCUT2D eigenvalue weighted by molar-refractivity contribution is 0.318. The lowest BCUT2D eigenvalue weighted by Crippen LogP contribution is -2.26. The largest absolute Gasteiger partial charge is 0.409 e. The fraction of sp³-hybridized carbons (Fsp3) is 0.333. The number of aromatic amines is 1. The van der Waals surface area contributed by atoms with Gasteiger partial charge in [0.25, 0.3) is 0 Å². The quantitative estimate of drug-likeness (QED) is 0.332. The van der Waals surface area contributed by atoms with Crippen molar-refractivity contribution in [2.75, 3.05) is 11.9 Å². The van der Waals surface area contributed by atoms with E-state index >= 15 is 0 Å². The molecule has 0 unspecified atom stereocenters. The molecule has 0 bridgehead atoms. The number of hydrogen-bond donors (Lipinski definition) is 3. The van der Waals surface area contributed by atoms with Gasteiger partial charge >= 0.3 is 0 Å². The Morgan fingerprint density at radius 1 is 1.50 bits per heavy atom. The fourth-order valence-electron chi connectivity index (χ4n) is 1.62. The number of nitrogens with zero attached hydrogens (tertiary/aromatic N) is 3. The summed E-state index contributed by atoms with van der Waals surface area (Å²) in [5, 5.41) is 11.6. The number of fused-ring (bicyclic) bond motifs is 1. The Morgan fingerprint density at radius 2 is 2.22 bits per heavy atom. The Kier molecular flexibility index (Phi) is 3.10. The zero-order valence-electron chi connectivity index (χ0n) is 10.7. The first-order chi connectivity index (χ1) is 8.52. The van der Waals surface area contributed by atoms with Gasteiger partial charge in [-0.15, -0.1) is 0 Å². The molecule has 0 saturated heterocycles. The smallest absolute Gasteiger partial charge is 0.203 e. The maximum absolute atomic E-state index is 8.66. The number of rotatable bonds is 3. The predicted octanol–water partition coefficient (Wildman–Crippen LogP) is 1.50. The number of benzene rings is 1. The summed E-state index contributed by atoms with van der Waals surface area (Å²) in [5.74, 6) is 0.891. The van der Waals surface area contributed by atoms with E-state index in [1.54, 1.807) is 6.07 Å². The maximum Gasteiger partial charge on any atom is 0.203 e. The Balaban J connectivity index is 2.46. The van der Waals surface area contributed by atoms with Crippen molar-refractivity contribution in [3.63, 3.8) is 0 Å². The molecule has 0 aliphatic rings. The van der Waals surface area contributed by atoms with Gasteiger partial charge in [0.05, 0.1) is 11.0 Å². The highest BCUT2D eigenvalue weighted by Gasteiger charge is 2.11. The Hall–Kier alpha value is -2.24. The normalized spacial score (nSPS) is 12.3. The molecule has 18 heavy (non-hydrogen) atoms. The highest BCUT2D eigenvalue weighted by Crippen LogP contribution is 2.19. The van der Waals surface area contributed by atoms with E-state index in [1.807, 2.05) is 24.1 Å². The van der Waals surface area contributed by atoms with Gasteiger partial charge in [-0.3, -0.25) is 0 Å². The molecule has 0 amide bonds. The minimum absolute atomic E-state index is 0.0882. The number of aromatic nitrogens is 2. The molecule has 1 aromatic carbocycles. The third kappa shape index (κ3) is 2.09. The van der Waals surface area contributed by atoms with Gasteiger partial charge in [0.15, 0.2) is 5.84 Å². The number of imidazole rings is 1. The van der Waals surface area contributed by atoms with Crippen LogP contribution in [0.25, 0.3) is 11.0 Å². The molecule has 2 aromatic rings. The summed E-state index contributed by atoms with van der Waals surface area (Å²) in [6.07, 6.45) is 0. The Bertz CT molecular complexity index is 587. The summed E-state index contributed by atoms with van der Waals surface area (Å²) in [4.78, 5) is 9.75. The standard InChI is InChI=1S/C12H17N5O/c1-7(2)17(3)12-14-9-5-4-8(11(13)16-18)6-10(9)15-12/h4-7,18H,1-3H3,(H2,13,16)(H,14,15). The van der Waals surface area contributed by atoms with Gasteiger partial charge in [-0.1, -0.05) is 5.16 Å². The van der Waals surface area contributed by atoms with Gasteiger partial charge in [-0.2, -0.15) is 0 Å². The molecule has 0 spiro atoms. The van der Waals surface area contributed by atoms with Crippen molar-refractivity contribution in [3.05, 3.63) is 23.8 Å². The summed E-state index contributed by atoms with van der Waals surface area (Å²) >= 11 is 0. The van der Waals surface area contributed by atoms with Crippen molar-refractivity contribution in [3.8, 4) is 0 Å². The molecule has 6 heteroatoms. The number of H-pyrrole nitrogens is 1. The number of oxime groups is 1. The van der Waals surface area contributed by atoms with E-state index in [4.69, 9.17) is 10.9 Å². The van der Waals surface area contributed by atoms with Crippen molar-refractivity contribution in [2.45, 2.75) is 19.9 Å². The van der Waals surface area contributed by atoms with Gasteiger partial charge in [0.2, 0.25) is 5.95 Å². The monoisotopic (exact) mass is 247 g/mol. The van der Waals surface area contributed by atoms with E-state index in [0.717, 1.165) is 17.0 Å². The molecule has 6 nitrogen and oxygen atoms in total. The molecular weight excluding hydrogens is 230 g/mol. The Labute approximate surface area is 105 Å². The van der Waals surface area contributed by atoms with E-state index in [-0.39, 0.29) is 5.84 Å². The van der Waals surface area contributed by atoms with E-state index in [2.05, 4.69) is 29.0 Å². The number of amidine groups is 1. The third-order valence-electron chi connectivity index (χ3n) is 2.98. The molecule has 1 heterocycles. The summed E-state index contributed by atoms with van der Waals surface area (Å²) in [6.45, 7) is 4.18. The van der Waals surface area contributed by atoms with Crippen LogP contribution in [-0.2, 0) is 0 Å². The number of nitrogens with two attached hydrogens (primary N) is 1. The van der Waals surface area contributed by atoms with Crippen LogP contribution in [0.15, 0.2) is 23.4 Å². The van der Waals surface area contributed by atoms with Crippen LogP contribution in [0, 0.1) is 0 Å². The fourth-order valence-corrected chi connectivity index (χ4v) is 1.62. The second kappa shape index (κ2) is 4.56. The highest BCUT2D eigenvalue weighted by atomic mass is 16.4. The second-order valence-corrected chi connectivity index (χ2v) is 4.48. The number of hydrogen-bond acceptors (Lipinski definition) is 4. The molecule has 0 atom stereocenters. The molecular formula is C12H17N5O. The van der Waals surface area contributed by atoms with Crippen molar-refractivity contribution >= 4 is 22.8 Å². The molecule has 1 aromatic heterocycles. The van der Waals surface area contributed by atoms with E-state index in [0.29, 0.717) is 11.6 Å². The van der Waals surface area contributed by atoms with Gasteiger partial charge in [0, 0.05) is 18.7 Å². The van der Waals surface area contributed by atoms with Crippen molar-refractivity contribution in [1.82, 2.24) is 9.97 Å². The molecule has 4 N–H and O–H groups in total. The van der Waals surface area contributed by atoms with Gasteiger partial charge in [-0.05, 0) is 32.0 Å².